The minimum atomic E-state index is 0.0263. The molecule has 1 amide bonds. The van der Waals surface area contributed by atoms with Gasteiger partial charge >= 0.3 is 0 Å². The molecule has 0 saturated carbocycles. The average molecular weight is 318 g/mol. The molecule has 0 spiro atoms. The van der Waals surface area contributed by atoms with Gasteiger partial charge < -0.3 is 10.2 Å². The number of hydrogen-bond acceptors (Lipinski definition) is 1. The summed E-state index contributed by atoms with van der Waals surface area (Å²) in [5.74, 6) is 0.0263. The molecule has 0 aliphatic heterocycles. The first kappa shape index (κ1) is 16.5. The number of carbonyl (C=O) groups excluding carboxylic acids is 1. The molecule has 0 aliphatic rings. The van der Waals surface area contributed by atoms with Gasteiger partial charge in [-0.05, 0) is 37.6 Å². The van der Waals surface area contributed by atoms with Gasteiger partial charge in [-0.25, -0.2) is 0 Å². The molecule has 2 N–H and O–H groups in total. The topological polar surface area (TPSA) is 33.5 Å². The number of halogens is 1. The number of carbonyl (C=O) groups is 1. The highest BCUT2D eigenvalue weighted by Gasteiger charge is 2.11. The molecule has 116 valence electrons. The monoisotopic (exact) mass is 317 g/mol. The number of amides is 1. The van der Waals surface area contributed by atoms with Gasteiger partial charge in [0.2, 0.25) is 0 Å². The first-order valence-electron chi connectivity index (χ1n) is 7.37. The van der Waals surface area contributed by atoms with Crippen molar-refractivity contribution in [2.75, 3.05) is 18.9 Å². The molecule has 3 nitrogen and oxygen atoms in total. The van der Waals surface area contributed by atoms with Gasteiger partial charge in [-0.2, -0.15) is 0 Å². The van der Waals surface area contributed by atoms with Crippen LogP contribution in [0.3, 0.4) is 0 Å². The summed E-state index contributed by atoms with van der Waals surface area (Å²) in [5.41, 5.74) is 4.33. The molecule has 2 rings (SSSR count). The number of rotatable bonds is 5. The van der Waals surface area contributed by atoms with Crippen molar-refractivity contribution in [2.45, 2.75) is 20.4 Å². The second kappa shape index (κ2) is 7.43. The Morgan fingerprint density at radius 1 is 1.14 bits per heavy atom. The predicted octanol–water partition coefficient (Wildman–Crippen LogP) is 2.61. The first-order valence-corrected chi connectivity index (χ1v) is 7.74. The van der Waals surface area contributed by atoms with Crippen LogP contribution in [-0.4, -0.2) is 19.5 Å². The molecule has 0 heterocycles. The van der Waals surface area contributed by atoms with Gasteiger partial charge in [0.15, 0.2) is 6.54 Å². The van der Waals surface area contributed by atoms with Gasteiger partial charge in [-0.1, -0.05) is 41.4 Å². The third-order valence-electron chi connectivity index (χ3n) is 3.54. The van der Waals surface area contributed by atoms with Crippen molar-refractivity contribution in [3.8, 4) is 0 Å². The Balaban J connectivity index is 1.89. The zero-order valence-electron chi connectivity index (χ0n) is 13.2. The Morgan fingerprint density at radius 2 is 1.82 bits per heavy atom. The van der Waals surface area contributed by atoms with E-state index in [9.17, 15) is 4.79 Å². The summed E-state index contributed by atoms with van der Waals surface area (Å²) in [6.45, 7) is 5.27. The van der Waals surface area contributed by atoms with E-state index >= 15 is 0 Å². The van der Waals surface area contributed by atoms with Crippen LogP contribution in [0.15, 0.2) is 42.5 Å². The van der Waals surface area contributed by atoms with E-state index in [1.807, 2.05) is 57.3 Å². The summed E-state index contributed by atoms with van der Waals surface area (Å²) >= 11 is 5.88. The van der Waals surface area contributed by atoms with Crippen molar-refractivity contribution < 1.29 is 9.69 Å². The zero-order valence-corrected chi connectivity index (χ0v) is 14.0. The van der Waals surface area contributed by atoms with Gasteiger partial charge in [-0.3, -0.25) is 4.79 Å². The number of benzene rings is 2. The zero-order chi connectivity index (χ0) is 16.1. The van der Waals surface area contributed by atoms with Crippen molar-refractivity contribution in [2.24, 2.45) is 0 Å². The maximum absolute atomic E-state index is 12.2. The molecule has 0 saturated heterocycles. The normalized spacial score (nSPS) is 12.0. The van der Waals surface area contributed by atoms with E-state index in [0.717, 1.165) is 27.7 Å². The number of likely N-dealkylation sites (N-methyl/N-ethyl adjacent to an activating group) is 1. The summed E-state index contributed by atoms with van der Waals surface area (Å²) in [5, 5.41) is 3.71. The van der Waals surface area contributed by atoms with Crippen molar-refractivity contribution in [3.63, 3.8) is 0 Å². The van der Waals surface area contributed by atoms with Crippen LogP contribution >= 0.6 is 11.6 Å². The van der Waals surface area contributed by atoms with Crippen LogP contribution in [0.5, 0.6) is 0 Å². The Labute approximate surface area is 136 Å². The Bertz CT molecular complexity index is 653. The second-order valence-corrected chi connectivity index (χ2v) is 6.24. The summed E-state index contributed by atoms with van der Waals surface area (Å²) < 4.78 is 0. The lowest BCUT2D eigenvalue weighted by atomic mass is 10.1. The standard InChI is InChI=1S/C18H21ClN2O/c1-13-4-9-17(14(2)10-13)20-18(22)12-21(3)11-15-5-7-16(19)8-6-15/h4-10H,11-12H2,1-3H3,(H,20,22)/p+1. The minimum Gasteiger partial charge on any atom is -0.326 e. The van der Waals surface area contributed by atoms with E-state index in [-0.39, 0.29) is 5.91 Å². The number of anilines is 1. The number of aryl methyl sites for hydroxylation is 2. The van der Waals surface area contributed by atoms with Gasteiger partial charge in [0, 0.05) is 16.3 Å². The third kappa shape index (κ3) is 4.86. The van der Waals surface area contributed by atoms with Crippen molar-refractivity contribution in [1.82, 2.24) is 0 Å². The molecule has 0 aromatic heterocycles. The van der Waals surface area contributed by atoms with Crippen molar-refractivity contribution >= 4 is 23.2 Å². The quantitative estimate of drug-likeness (QED) is 0.873. The molecule has 2 aromatic carbocycles. The Hall–Kier alpha value is -1.84. The number of nitrogens with one attached hydrogen (secondary N) is 2. The predicted molar refractivity (Wildman–Crippen MR) is 91.5 cm³/mol. The summed E-state index contributed by atoms with van der Waals surface area (Å²) in [7, 11) is 2.01. The van der Waals surface area contributed by atoms with E-state index in [0.29, 0.717) is 6.54 Å². The van der Waals surface area contributed by atoms with Gasteiger partial charge in [0.1, 0.15) is 6.54 Å². The van der Waals surface area contributed by atoms with E-state index in [1.54, 1.807) is 0 Å². The SMILES string of the molecule is Cc1ccc(NC(=O)C[NH+](C)Cc2ccc(Cl)cc2)c(C)c1. The van der Waals surface area contributed by atoms with Crippen LogP contribution in [0.1, 0.15) is 16.7 Å². The maximum Gasteiger partial charge on any atom is 0.279 e. The molecule has 22 heavy (non-hydrogen) atoms. The van der Waals surface area contributed by atoms with Crippen LogP contribution < -0.4 is 10.2 Å². The summed E-state index contributed by atoms with van der Waals surface area (Å²) in [6.07, 6.45) is 0. The van der Waals surface area contributed by atoms with Crippen LogP contribution in [0, 0.1) is 13.8 Å². The van der Waals surface area contributed by atoms with Crippen LogP contribution in [-0.2, 0) is 11.3 Å². The lowest BCUT2D eigenvalue weighted by molar-refractivity contribution is -0.885. The van der Waals surface area contributed by atoms with Gasteiger partial charge in [0.05, 0.1) is 7.05 Å². The highest BCUT2D eigenvalue weighted by molar-refractivity contribution is 6.30. The maximum atomic E-state index is 12.2. The third-order valence-corrected chi connectivity index (χ3v) is 3.79. The highest BCUT2D eigenvalue weighted by Crippen LogP contribution is 2.15. The van der Waals surface area contributed by atoms with Crippen LogP contribution in [0.4, 0.5) is 5.69 Å². The molecular formula is C18H22ClN2O+. The fourth-order valence-corrected chi connectivity index (χ4v) is 2.56. The molecule has 0 radical (unpaired) electrons. The molecule has 1 atom stereocenters. The van der Waals surface area contributed by atoms with E-state index in [2.05, 4.69) is 11.4 Å². The molecule has 2 aromatic rings. The molecule has 0 fully saturated rings. The number of hydrogen-bond donors (Lipinski definition) is 2. The van der Waals surface area contributed by atoms with E-state index in [4.69, 9.17) is 11.6 Å². The second-order valence-electron chi connectivity index (χ2n) is 5.80. The van der Waals surface area contributed by atoms with E-state index in [1.165, 1.54) is 11.1 Å². The first-order chi connectivity index (χ1) is 10.4. The summed E-state index contributed by atoms with van der Waals surface area (Å²) in [4.78, 5) is 13.3. The largest absolute Gasteiger partial charge is 0.326 e. The Morgan fingerprint density at radius 3 is 2.45 bits per heavy atom. The fourth-order valence-electron chi connectivity index (χ4n) is 2.44. The van der Waals surface area contributed by atoms with Crippen molar-refractivity contribution in [1.29, 1.82) is 0 Å². The molecule has 0 aliphatic carbocycles. The number of quaternary nitrogens is 1. The average Bonchev–Trinajstić information content (AvgIpc) is 2.44. The lowest BCUT2D eigenvalue weighted by Crippen LogP contribution is -3.08. The van der Waals surface area contributed by atoms with Gasteiger partial charge in [-0.15, -0.1) is 0 Å². The fraction of sp³-hybridized carbons (Fsp3) is 0.278. The molecule has 4 heteroatoms. The van der Waals surface area contributed by atoms with E-state index < -0.39 is 0 Å². The summed E-state index contributed by atoms with van der Waals surface area (Å²) in [6, 6.07) is 13.8. The molecule has 1 unspecified atom stereocenters. The highest BCUT2D eigenvalue weighted by atomic mass is 35.5. The smallest absolute Gasteiger partial charge is 0.279 e. The Kier molecular flexibility index (Phi) is 5.58. The van der Waals surface area contributed by atoms with Crippen molar-refractivity contribution in [3.05, 3.63) is 64.2 Å². The lowest BCUT2D eigenvalue weighted by Gasteiger charge is -2.15. The van der Waals surface area contributed by atoms with Crippen LogP contribution in [0.2, 0.25) is 5.02 Å². The minimum absolute atomic E-state index is 0.0263. The molecule has 0 bridgehead atoms. The molecular weight excluding hydrogens is 296 g/mol. The van der Waals surface area contributed by atoms with Crippen LogP contribution in [0.25, 0.3) is 0 Å². The van der Waals surface area contributed by atoms with Gasteiger partial charge in [0.25, 0.3) is 5.91 Å².